The molecule has 0 radical (unpaired) electrons. The fourth-order valence-corrected chi connectivity index (χ4v) is 3.68. The van der Waals surface area contributed by atoms with Crippen LogP contribution in [-0.2, 0) is 20.7 Å². The van der Waals surface area contributed by atoms with Gasteiger partial charge in [0.2, 0.25) is 0 Å². The van der Waals surface area contributed by atoms with E-state index >= 15 is 0 Å². The van der Waals surface area contributed by atoms with Gasteiger partial charge in [0, 0.05) is 6.42 Å². The van der Waals surface area contributed by atoms with Crippen LogP contribution >= 0.6 is 11.3 Å². The number of carbonyl (C=O) groups excluding carboxylic acids is 2. The van der Waals surface area contributed by atoms with E-state index in [4.69, 9.17) is 4.74 Å². The molecule has 2 aromatic carbocycles. The monoisotopic (exact) mass is 400 g/mol. The molecule has 146 valence electrons. The van der Waals surface area contributed by atoms with Crippen molar-refractivity contribution in [3.05, 3.63) is 64.9 Å². The second-order valence-electron chi connectivity index (χ2n) is 6.49. The molecule has 0 aliphatic heterocycles. The first-order valence-corrected chi connectivity index (χ1v) is 9.84. The van der Waals surface area contributed by atoms with Crippen LogP contribution in [0.5, 0.6) is 0 Å². The number of rotatable bonds is 7. The summed E-state index contributed by atoms with van der Waals surface area (Å²) in [4.78, 5) is 28.8. The summed E-state index contributed by atoms with van der Waals surface area (Å²) >= 11 is 1.55. The highest BCUT2D eigenvalue weighted by Gasteiger charge is 2.20. The third-order valence-corrected chi connectivity index (χ3v) is 5.38. The summed E-state index contributed by atoms with van der Waals surface area (Å²) in [5.74, 6) is -1.18. The Morgan fingerprint density at radius 1 is 1.14 bits per heavy atom. The van der Waals surface area contributed by atoms with E-state index in [1.807, 2.05) is 24.3 Å². The third kappa shape index (κ3) is 5.13. The van der Waals surface area contributed by atoms with E-state index in [9.17, 15) is 14.0 Å². The molecule has 3 aromatic rings. The average Bonchev–Trinajstić information content (AvgIpc) is 3.09. The molecule has 0 unspecified atom stereocenters. The van der Waals surface area contributed by atoms with E-state index in [1.54, 1.807) is 30.4 Å². The molecule has 1 aromatic heterocycles. The Hall–Kier alpha value is -2.80. The second kappa shape index (κ2) is 8.93. The summed E-state index contributed by atoms with van der Waals surface area (Å²) in [7, 11) is 0. The van der Waals surface area contributed by atoms with E-state index in [2.05, 4.69) is 10.3 Å². The van der Waals surface area contributed by atoms with E-state index in [1.165, 1.54) is 19.1 Å². The van der Waals surface area contributed by atoms with Crippen molar-refractivity contribution in [2.24, 2.45) is 0 Å². The number of benzene rings is 2. The zero-order valence-corrected chi connectivity index (χ0v) is 16.5. The molecule has 0 saturated carbocycles. The van der Waals surface area contributed by atoms with Gasteiger partial charge in [0.25, 0.3) is 5.91 Å². The lowest BCUT2D eigenvalue weighted by Gasteiger charge is -2.18. The van der Waals surface area contributed by atoms with Crippen molar-refractivity contribution in [3.8, 4) is 0 Å². The Bertz CT molecular complexity index is 938. The summed E-state index contributed by atoms with van der Waals surface area (Å²) in [5.41, 5.74) is 1.68. The highest BCUT2D eigenvalue weighted by Crippen LogP contribution is 2.22. The Kier molecular flexibility index (Phi) is 6.36. The minimum absolute atomic E-state index is 0.158. The first-order valence-electron chi connectivity index (χ1n) is 9.02. The van der Waals surface area contributed by atoms with Crippen molar-refractivity contribution < 1.29 is 18.7 Å². The van der Waals surface area contributed by atoms with Crippen LogP contribution in [-0.4, -0.2) is 23.0 Å². The average molecular weight is 400 g/mol. The van der Waals surface area contributed by atoms with Gasteiger partial charge in [0.05, 0.1) is 27.7 Å². The van der Waals surface area contributed by atoms with Gasteiger partial charge in [-0.2, -0.15) is 0 Å². The molecule has 0 aliphatic rings. The number of amides is 1. The van der Waals surface area contributed by atoms with Crippen LogP contribution < -0.4 is 5.32 Å². The highest BCUT2D eigenvalue weighted by atomic mass is 32.1. The number of thiazole rings is 1. The minimum Gasteiger partial charge on any atom is -0.453 e. The van der Waals surface area contributed by atoms with Crippen molar-refractivity contribution in [1.29, 1.82) is 0 Å². The molecule has 1 heterocycles. The van der Waals surface area contributed by atoms with Crippen LogP contribution in [0.25, 0.3) is 10.2 Å². The molecule has 0 spiro atoms. The molecule has 1 amide bonds. The minimum atomic E-state index is -0.911. The number of aromatic nitrogens is 1. The van der Waals surface area contributed by atoms with E-state index in [0.717, 1.165) is 20.8 Å². The Labute approximate surface area is 166 Å². The summed E-state index contributed by atoms with van der Waals surface area (Å²) < 4.78 is 19.3. The van der Waals surface area contributed by atoms with Gasteiger partial charge in [-0.15, -0.1) is 11.3 Å². The normalized spacial score (nSPS) is 13.1. The molecular formula is C21H21FN2O3S. The van der Waals surface area contributed by atoms with Gasteiger partial charge >= 0.3 is 5.97 Å². The van der Waals surface area contributed by atoms with Gasteiger partial charge in [-0.1, -0.05) is 24.3 Å². The number of ether oxygens (including phenoxy) is 1. The van der Waals surface area contributed by atoms with E-state index < -0.39 is 18.0 Å². The van der Waals surface area contributed by atoms with Gasteiger partial charge in [0.15, 0.2) is 6.10 Å². The maximum atomic E-state index is 13.0. The quantitative estimate of drug-likeness (QED) is 0.604. The summed E-state index contributed by atoms with van der Waals surface area (Å²) in [6, 6.07) is 13.4. The first-order chi connectivity index (χ1) is 13.4. The first kappa shape index (κ1) is 19.9. The lowest BCUT2D eigenvalue weighted by atomic mass is 10.1. The zero-order valence-electron chi connectivity index (χ0n) is 15.6. The van der Waals surface area contributed by atoms with Crippen LogP contribution in [0.15, 0.2) is 48.5 Å². The summed E-state index contributed by atoms with van der Waals surface area (Å²) in [5, 5.41) is 3.62. The number of halogens is 1. The molecule has 0 saturated heterocycles. The Morgan fingerprint density at radius 2 is 1.86 bits per heavy atom. The number of fused-ring (bicyclic) bond motifs is 1. The zero-order chi connectivity index (χ0) is 20.1. The maximum Gasteiger partial charge on any atom is 0.306 e. The topological polar surface area (TPSA) is 68.3 Å². The molecule has 3 rings (SSSR count). The lowest BCUT2D eigenvalue weighted by molar-refractivity contribution is -0.155. The van der Waals surface area contributed by atoms with Crippen molar-refractivity contribution in [1.82, 2.24) is 10.3 Å². The number of hydrogen-bond acceptors (Lipinski definition) is 5. The van der Waals surface area contributed by atoms with Gasteiger partial charge in [-0.25, -0.2) is 9.37 Å². The lowest BCUT2D eigenvalue weighted by Crippen LogP contribution is -2.37. The Balaban J connectivity index is 1.47. The highest BCUT2D eigenvalue weighted by molar-refractivity contribution is 7.18. The number of hydrogen-bond donors (Lipinski definition) is 1. The van der Waals surface area contributed by atoms with Crippen LogP contribution in [0, 0.1) is 5.82 Å². The summed E-state index contributed by atoms with van der Waals surface area (Å²) in [6.07, 6.45) is -0.283. The van der Waals surface area contributed by atoms with Crippen LogP contribution in [0.1, 0.15) is 36.9 Å². The second-order valence-corrected chi connectivity index (χ2v) is 7.60. The van der Waals surface area contributed by atoms with Gasteiger partial charge in [-0.05, 0) is 43.7 Å². The predicted molar refractivity (Wildman–Crippen MR) is 106 cm³/mol. The van der Waals surface area contributed by atoms with Crippen molar-refractivity contribution in [2.75, 3.05) is 0 Å². The molecule has 28 heavy (non-hydrogen) atoms. The largest absolute Gasteiger partial charge is 0.453 e. The molecule has 0 fully saturated rings. The van der Waals surface area contributed by atoms with Gasteiger partial charge in [-0.3, -0.25) is 9.59 Å². The van der Waals surface area contributed by atoms with E-state index in [-0.39, 0.29) is 18.3 Å². The van der Waals surface area contributed by atoms with Crippen LogP contribution in [0.4, 0.5) is 4.39 Å². The van der Waals surface area contributed by atoms with Crippen LogP contribution in [0.3, 0.4) is 0 Å². The number of para-hydroxylation sites is 1. The standard InChI is InChI=1S/C21H21FN2O3S/c1-13(15-7-9-16(22)10-8-15)23-21(26)14(2)27-20(25)12-11-19-24-17-5-3-4-6-18(17)28-19/h3-10,13-14H,11-12H2,1-2H3,(H,23,26)/t13-,14+/m1/s1. The molecule has 0 aliphatic carbocycles. The van der Waals surface area contributed by atoms with Crippen LogP contribution in [0.2, 0.25) is 0 Å². The molecule has 1 N–H and O–H groups in total. The smallest absolute Gasteiger partial charge is 0.306 e. The number of nitrogens with one attached hydrogen (secondary N) is 1. The number of esters is 1. The molecular weight excluding hydrogens is 379 g/mol. The number of nitrogens with zero attached hydrogens (tertiary/aromatic N) is 1. The van der Waals surface area contributed by atoms with Gasteiger partial charge < -0.3 is 10.1 Å². The number of carbonyl (C=O) groups is 2. The molecule has 0 bridgehead atoms. The van der Waals surface area contributed by atoms with Gasteiger partial charge in [0.1, 0.15) is 5.82 Å². The Morgan fingerprint density at radius 3 is 2.57 bits per heavy atom. The predicted octanol–water partition coefficient (Wildman–Crippen LogP) is 4.18. The summed E-state index contributed by atoms with van der Waals surface area (Å²) in [6.45, 7) is 3.31. The molecule has 2 atom stereocenters. The molecule has 7 heteroatoms. The van der Waals surface area contributed by atoms with Crippen molar-refractivity contribution in [3.63, 3.8) is 0 Å². The fraction of sp³-hybridized carbons (Fsp3) is 0.286. The maximum absolute atomic E-state index is 13.0. The number of aryl methyl sites for hydroxylation is 1. The van der Waals surface area contributed by atoms with Crippen molar-refractivity contribution in [2.45, 2.75) is 38.8 Å². The van der Waals surface area contributed by atoms with E-state index in [0.29, 0.717) is 6.42 Å². The SMILES string of the molecule is C[C@H](OC(=O)CCc1nc2ccccc2s1)C(=O)N[C@H](C)c1ccc(F)cc1. The van der Waals surface area contributed by atoms with Crippen molar-refractivity contribution >= 4 is 33.4 Å². The molecule has 5 nitrogen and oxygen atoms in total. The third-order valence-electron chi connectivity index (χ3n) is 4.29. The fourth-order valence-electron chi connectivity index (χ4n) is 2.71.